The molecule has 0 rings (SSSR count). The molecule has 0 fully saturated rings. The van der Waals surface area contributed by atoms with Crippen LogP contribution >= 0.6 is 0 Å². The van der Waals surface area contributed by atoms with Crippen molar-refractivity contribution in [2.24, 2.45) is 0 Å². The smallest absolute Gasteiger partial charge is 0.319 e. The number of ether oxygens (including phenoxy) is 1. The topological polar surface area (TPSA) is 29.5 Å². The highest BCUT2D eigenvalue weighted by atomic mass is 16.5. The molecule has 3 heteroatoms. The van der Waals surface area contributed by atoms with E-state index < -0.39 is 0 Å². The third kappa shape index (κ3) is 4.79. The largest absolute Gasteiger partial charge is 0.468 e. The van der Waals surface area contributed by atoms with Crippen LogP contribution in [0.5, 0.6) is 0 Å². The fourth-order valence-electron chi connectivity index (χ4n) is 0.912. The quantitative estimate of drug-likeness (QED) is 0.558. The first-order valence-corrected chi connectivity index (χ1v) is 4.03. The van der Waals surface area contributed by atoms with E-state index in [-0.39, 0.29) is 5.97 Å². The van der Waals surface area contributed by atoms with Crippen LogP contribution in [0.25, 0.3) is 0 Å². The van der Waals surface area contributed by atoms with Crippen molar-refractivity contribution >= 4 is 5.97 Å². The maximum atomic E-state index is 10.8. The van der Waals surface area contributed by atoms with Crippen LogP contribution in [-0.4, -0.2) is 37.6 Å². The van der Waals surface area contributed by atoms with E-state index in [0.29, 0.717) is 6.54 Å². The molecule has 0 atom stereocenters. The van der Waals surface area contributed by atoms with Gasteiger partial charge in [-0.1, -0.05) is 13.8 Å². The zero-order valence-electron chi connectivity index (χ0n) is 7.59. The second-order valence-electron chi connectivity index (χ2n) is 2.44. The van der Waals surface area contributed by atoms with Crippen molar-refractivity contribution in [2.45, 2.75) is 20.3 Å². The van der Waals surface area contributed by atoms with Gasteiger partial charge in [-0.2, -0.15) is 0 Å². The molecule has 0 saturated carbocycles. The van der Waals surface area contributed by atoms with Crippen molar-refractivity contribution in [3.63, 3.8) is 0 Å². The van der Waals surface area contributed by atoms with Gasteiger partial charge in [0.05, 0.1) is 13.7 Å². The van der Waals surface area contributed by atoms with Crippen LogP contribution in [-0.2, 0) is 9.53 Å². The molecule has 0 aromatic carbocycles. The Kier molecular flexibility index (Phi) is 5.84. The lowest BCUT2D eigenvalue weighted by atomic mass is 10.4. The molecule has 0 unspecified atom stereocenters. The normalized spacial score (nSPS) is 10.2. The van der Waals surface area contributed by atoms with E-state index in [1.54, 1.807) is 0 Å². The molecule has 0 radical (unpaired) electrons. The number of hydrogen-bond acceptors (Lipinski definition) is 3. The molecule has 0 aliphatic heterocycles. The van der Waals surface area contributed by atoms with Gasteiger partial charge >= 0.3 is 5.97 Å². The second-order valence-corrected chi connectivity index (χ2v) is 2.44. The van der Waals surface area contributed by atoms with Crippen molar-refractivity contribution in [2.75, 3.05) is 26.7 Å². The Labute approximate surface area is 68.3 Å². The number of rotatable bonds is 5. The number of carbonyl (C=O) groups excluding carboxylic acids is 1. The predicted octanol–water partition coefficient (Wildman–Crippen LogP) is 0.891. The lowest BCUT2D eigenvalue weighted by Gasteiger charge is -2.17. The van der Waals surface area contributed by atoms with Crippen LogP contribution in [0.1, 0.15) is 20.3 Å². The van der Waals surface area contributed by atoms with Gasteiger partial charge in [0.25, 0.3) is 0 Å². The van der Waals surface area contributed by atoms with E-state index in [1.807, 2.05) is 6.92 Å². The molecule has 0 aromatic heterocycles. The predicted molar refractivity (Wildman–Crippen MR) is 44.4 cm³/mol. The van der Waals surface area contributed by atoms with E-state index in [2.05, 4.69) is 16.6 Å². The minimum atomic E-state index is -0.152. The van der Waals surface area contributed by atoms with E-state index in [9.17, 15) is 4.79 Å². The fourth-order valence-corrected chi connectivity index (χ4v) is 0.912. The van der Waals surface area contributed by atoms with Crippen molar-refractivity contribution in [1.82, 2.24) is 4.90 Å². The van der Waals surface area contributed by atoms with Gasteiger partial charge in [-0.05, 0) is 19.5 Å². The fraction of sp³-hybridized carbons (Fsp3) is 0.875. The van der Waals surface area contributed by atoms with Crippen LogP contribution in [0.15, 0.2) is 0 Å². The molecule has 0 aromatic rings. The SMILES string of the molecule is CCCN(CC)CC(=O)OC. The molecule has 0 heterocycles. The summed E-state index contributed by atoms with van der Waals surface area (Å²) in [4.78, 5) is 12.9. The monoisotopic (exact) mass is 159 g/mol. The zero-order valence-corrected chi connectivity index (χ0v) is 7.59. The molecule has 66 valence electrons. The average Bonchev–Trinajstić information content (AvgIpc) is 2.03. The first-order valence-electron chi connectivity index (χ1n) is 4.03. The van der Waals surface area contributed by atoms with Crippen molar-refractivity contribution in [1.29, 1.82) is 0 Å². The summed E-state index contributed by atoms with van der Waals surface area (Å²) in [5.41, 5.74) is 0. The Morgan fingerprint density at radius 1 is 1.45 bits per heavy atom. The van der Waals surface area contributed by atoms with Gasteiger partial charge in [0, 0.05) is 0 Å². The Morgan fingerprint density at radius 2 is 2.09 bits per heavy atom. The number of hydrogen-bond donors (Lipinski definition) is 0. The third-order valence-corrected chi connectivity index (χ3v) is 1.57. The minimum Gasteiger partial charge on any atom is -0.468 e. The standard InChI is InChI=1S/C8H17NO2/c1-4-6-9(5-2)7-8(10)11-3/h4-7H2,1-3H3. The van der Waals surface area contributed by atoms with Crippen LogP contribution in [0.3, 0.4) is 0 Å². The second kappa shape index (κ2) is 6.16. The Balaban J connectivity index is 3.58. The summed E-state index contributed by atoms with van der Waals surface area (Å²) in [6, 6.07) is 0. The summed E-state index contributed by atoms with van der Waals surface area (Å²) in [7, 11) is 1.42. The third-order valence-electron chi connectivity index (χ3n) is 1.57. The zero-order chi connectivity index (χ0) is 8.69. The average molecular weight is 159 g/mol. The van der Waals surface area contributed by atoms with Gasteiger partial charge < -0.3 is 4.74 Å². The highest BCUT2D eigenvalue weighted by Gasteiger charge is 2.06. The Morgan fingerprint density at radius 3 is 2.45 bits per heavy atom. The highest BCUT2D eigenvalue weighted by molar-refractivity contribution is 5.71. The minimum absolute atomic E-state index is 0.152. The van der Waals surface area contributed by atoms with E-state index in [0.717, 1.165) is 19.5 Å². The molecule has 11 heavy (non-hydrogen) atoms. The van der Waals surface area contributed by atoms with Crippen LogP contribution in [0, 0.1) is 0 Å². The Hall–Kier alpha value is -0.570. The van der Waals surface area contributed by atoms with Gasteiger partial charge in [-0.25, -0.2) is 0 Å². The summed E-state index contributed by atoms with van der Waals surface area (Å²) in [6.45, 7) is 6.42. The van der Waals surface area contributed by atoms with Gasteiger partial charge in [-0.15, -0.1) is 0 Å². The van der Waals surface area contributed by atoms with Gasteiger partial charge in [-0.3, -0.25) is 9.69 Å². The molecule has 0 aliphatic carbocycles. The van der Waals surface area contributed by atoms with E-state index in [4.69, 9.17) is 0 Å². The molecule has 3 nitrogen and oxygen atoms in total. The molecule has 0 spiro atoms. The number of likely N-dealkylation sites (N-methyl/N-ethyl adjacent to an activating group) is 1. The van der Waals surface area contributed by atoms with E-state index >= 15 is 0 Å². The first kappa shape index (κ1) is 10.4. The number of methoxy groups -OCH3 is 1. The molecule has 0 amide bonds. The summed E-state index contributed by atoms with van der Waals surface area (Å²) in [5, 5.41) is 0. The molecular formula is C8H17NO2. The summed E-state index contributed by atoms with van der Waals surface area (Å²) in [6.07, 6.45) is 1.07. The summed E-state index contributed by atoms with van der Waals surface area (Å²) < 4.78 is 4.55. The summed E-state index contributed by atoms with van der Waals surface area (Å²) in [5.74, 6) is -0.152. The van der Waals surface area contributed by atoms with Gasteiger partial charge in [0.1, 0.15) is 0 Å². The van der Waals surface area contributed by atoms with Crippen molar-refractivity contribution in [3.8, 4) is 0 Å². The maximum Gasteiger partial charge on any atom is 0.319 e. The lowest BCUT2D eigenvalue weighted by Crippen LogP contribution is -2.30. The maximum absolute atomic E-state index is 10.8. The van der Waals surface area contributed by atoms with Crippen LogP contribution < -0.4 is 0 Å². The number of carbonyl (C=O) groups is 1. The van der Waals surface area contributed by atoms with Crippen LogP contribution in [0.2, 0.25) is 0 Å². The van der Waals surface area contributed by atoms with Gasteiger partial charge in [0.15, 0.2) is 0 Å². The lowest BCUT2D eigenvalue weighted by molar-refractivity contribution is -0.141. The number of nitrogens with zero attached hydrogens (tertiary/aromatic N) is 1. The van der Waals surface area contributed by atoms with Crippen molar-refractivity contribution in [3.05, 3.63) is 0 Å². The van der Waals surface area contributed by atoms with Gasteiger partial charge in [0.2, 0.25) is 0 Å². The van der Waals surface area contributed by atoms with E-state index in [1.165, 1.54) is 7.11 Å². The number of esters is 1. The first-order chi connectivity index (χ1) is 5.24. The Bertz CT molecular complexity index is 115. The molecule has 0 bridgehead atoms. The molecule has 0 aliphatic rings. The molecule has 0 saturated heterocycles. The molecular weight excluding hydrogens is 142 g/mol. The van der Waals surface area contributed by atoms with Crippen LogP contribution in [0.4, 0.5) is 0 Å². The highest BCUT2D eigenvalue weighted by Crippen LogP contribution is 1.90. The molecule has 0 N–H and O–H groups in total. The van der Waals surface area contributed by atoms with Crippen molar-refractivity contribution < 1.29 is 9.53 Å². The summed E-state index contributed by atoms with van der Waals surface area (Å²) >= 11 is 0.